The molecule has 126 valence electrons. The molecule has 1 rings (SSSR count). The highest BCUT2D eigenvalue weighted by Crippen LogP contribution is 2.29. The van der Waals surface area contributed by atoms with E-state index >= 15 is 0 Å². The van der Waals surface area contributed by atoms with Gasteiger partial charge in [0.2, 0.25) is 5.78 Å². The Balaban J connectivity index is 2.76. The highest BCUT2D eigenvalue weighted by Gasteiger charge is 2.43. The maximum atomic E-state index is 14.1. The number of alkyl halides is 2. The number of aromatic nitrogens is 1. The number of halogens is 3. The van der Waals surface area contributed by atoms with E-state index in [1.165, 1.54) is 12.3 Å². The van der Waals surface area contributed by atoms with Crippen molar-refractivity contribution in [2.75, 3.05) is 6.61 Å². The summed E-state index contributed by atoms with van der Waals surface area (Å²) in [6.07, 6.45) is 0.382. The second-order valence-corrected chi connectivity index (χ2v) is 6.16. The number of rotatable bonds is 5. The van der Waals surface area contributed by atoms with Crippen molar-refractivity contribution in [2.24, 2.45) is 0 Å². The molecule has 0 aromatic carbocycles. The molecule has 0 bridgehead atoms. The lowest BCUT2D eigenvalue weighted by molar-refractivity contribution is 0.0253. The molecule has 1 amide bonds. The van der Waals surface area contributed by atoms with Crippen LogP contribution >= 0.6 is 11.6 Å². The zero-order valence-electron chi connectivity index (χ0n) is 13.0. The lowest BCUT2D eigenvalue weighted by atomic mass is 10.0. The number of hydrogen-bond donors (Lipinski definition) is 1. The number of nitrogens with zero attached hydrogens (tertiary/aromatic N) is 1. The predicted octanol–water partition coefficient (Wildman–Crippen LogP) is 3.63. The van der Waals surface area contributed by atoms with Crippen LogP contribution in [0.3, 0.4) is 0 Å². The molecule has 1 N–H and O–H groups in total. The summed E-state index contributed by atoms with van der Waals surface area (Å²) in [4.78, 5) is 26.9. The minimum atomic E-state index is -3.94. The number of amides is 1. The topological polar surface area (TPSA) is 68.3 Å². The molecule has 0 saturated heterocycles. The molecule has 5 nitrogen and oxygen atoms in total. The van der Waals surface area contributed by atoms with Crippen LogP contribution in [0.2, 0.25) is 5.15 Å². The zero-order valence-corrected chi connectivity index (χ0v) is 13.7. The molecule has 1 heterocycles. The lowest BCUT2D eigenvalue weighted by Gasteiger charge is -2.22. The van der Waals surface area contributed by atoms with Crippen LogP contribution in [0.15, 0.2) is 30.5 Å². The number of ether oxygens (including phenoxy) is 1. The van der Waals surface area contributed by atoms with E-state index in [2.05, 4.69) is 21.6 Å². The number of carbonyl (C=O) groups is 2. The molecule has 0 saturated carbocycles. The van der Waals surface area contributed by atoms with Gasteiger partial charge >= 0.3 is 12.0 Å². The average Bonchev–Trinajstić information content (AvgIpc) is 2.42. The van der Waals surface area contributed by atoms with Gasteiger partial charge in [-0.2, -0.15) is 8.78 Å². The predicted molar refractivity (Wildman–Crippen MR) is 81.9 cm³/mol. The number of carbonyl (C=O) groups excluding carboxylic acids is 2. The van der Waals surface area contributed by atoms with Crippen molar-refractivity contribution in [2.45, 2.75) is 32.2 Å². The molecule has 0 radical (unpaired) electrons. The molecule has 0 aliphatic heterocycles. The maximum absolute atomic E-state index is 14.1. The summed E-state index contributed by atoms with van der Waals surface area (Å²) in [6.45, 7) is 7.42. The molecule has 0 atom stereocenters. The van der Waals surface area contributed by atoms with Crippen LogP contribution in [0.5, 0.6) is 0 Å². The van der Waals surface area contributed by atoms with Gasteiger partial charge in [-0.3, -0.25) is 4.79 Å². The summed E-state index contributed by atoms with van der Waals surface area (Å²) in [5.41, 5.74) is -1.87. The van der Waals surface area contributed by atoms with Crippen molar-refractivity contribution >= 4 is 23.5 Å². The Morgan fingerprint density at radius 3 is 2.52 bits per heavy atom. The fraction of sp³-hybridized carbons (Fsp3) is 0.400. The number of ketones is 1. The molecule has 8 heteroatoms. The Bertz CT molecular complexity index is 627. The van der Waals surface area contributed by atoms with E-state index in [0.717, 1.165) is 6.07 Å². The first-order valence-electron chi connectivity index (χ1n) is 6.61. The van der Waals surface area contributed by atoms with Gasteiger partial charge in [-0.05, 0) is 32.9 Å². The van der Waals surface area contributed by atoms with Crippen LogP contribution in [0, 0.1) is 0 Å². The first-order chi connectivity index (χ1) is 10.4. The minimum Gasteiger partial charge on any atom is -0.445 e. The van der Waals surface area contributed by atoms with Crippen molar-refractivity contribution < 1.29 is 23.1 Å². The van der Waals surface area contributed by atoms with Gasteiger partial charge in [0.1, 0.15) is 11.8 Å². The standard InChI is InChI=1S/C15H17ClF2N2O3/c1-9(8-23-13(22)20-14(2,3)4)15(17,18)11(21)10-6-5-7-19-12(10)16/h5-7H,1,8H2,2-4H3,(H,20,22). The molecule has 0 aliphatic carbocycles. The van der Waals surface area contributed by atoms with Crippen LogP contribution in [0.25, 0.3) is 0 Å². The Morgan fingerprint density at radius 2 is 2.00 bits per heavy atom. The average molecular weight is 347 g/mol. The molecule has 1 aromatic rings. The molecule has 0 spiro atoms. The Kier molecular flexibility index (Phi) is 5.82. The molecule has 0 fully saturated rings. The number of alkyl carbamates (subject to hydrolysis) is 1. The number of Topliss-reactive ketones (excluding diaryl/α,β-unsaturated/α-hetero) is 1. The van der Waals surface area contributed by atoms with Crippen LogP contribution < -0.4 is 5.32 Å². The van der Waals surface area contributed by atoms with Crippen molar-refractivity contribution in [3.05, 3.63) is 41.2 Å². The first kappa shape index (κ1) is 19.0. The number of hydrogen-bond acceptors (Lipinski definition) is 4. The molecule has 1 aromatic heterocycles. The summed E-state index contributed by atoms with van der Waals surface area (Å²) >= 11 is 5.64. The summed E-state index contributed by atoms with van der Waals surface area (Å²) in [5.74, 6) is -5.49. The summed E-state index contributed by atoms with van der Waals surface area (Å²) < 4.78 is 32.9. The van der Waals surface area contributed by atoms with E-state index < -0.39 is 41.1 Å². The van der Waals surface area contributed by atoms with Crippen molar-refractivity contribution in [1.82, 2.24) is 10.3 Å². The normalized spacial score (nSPS) is 11.7. The van der Waals surface area contributed by atoms with Crippen molar-refractivity contribution in [1.29, 1.82) is 0 Å². The molecule has 0 unspecified atom stereocenters. The van der Waals surface area contributed by atoms with E-state index in [0.29, 0.717) is 0 Å². The van der Waals surface area contributed by atoms with Crippen molar-refractivity contribution in [3.8, 4) is 0 Å². The summed E-state index contributed by atoms with van der Waals surface area (Å²) in [7, 11) is 0. The highest BCUT2D eigenvalue weighted by molar-refractivity contribution is 6.33. The van der Waals surface area contributed by atoms with E-state index in [4.69, 9.17) is 11.6 Å². The molecule has 0 aliphatic rings. The van der Waals surface area contributed by atoms with Gasteiger partial charge in [-0.15, -0.1) is 0 Å². The van der Waals surface area contributed by atoms with Gasteiger partial charge in [0.05, 0.1) is 5.56 Å². The Labute approximate surface area is 137 Å². The quantitative estimate of drug-likeness (QED) is 0.502. The lowest BCUT2D eigenvalue weighted by Crippen LogP contribution is -2.42. The first-order valence-corrected chi connectivity index (χ1v) is 6.99. The fourth-order valence-corrected chi connectivity index (χ4v) is 1.68. The van der Waals surface area contributed by atoms with Crippen LogP contribution in [0.1, 0.15) is 31.1 Å². The number of nitrogens with one attached hydrogen (secondary N) is 1. The van der Waals surface area contributed by atoms with Gasteiger partial charge in [-0.1, -0.05) is 18.2 Å². The van der Waals surface area contributed by atoms with Crippen LogP contribution in [-0.4, -0.2) is 34.9 Å². The zero-order chi connectivity index (χ0) is 17.8. The van der Waals surface area contributed by atoms with E-state index in [1.807, 2.05) is 0 Å². The molecular weight excluding hydrogens is 330 g/mol. The second kappa shape index (κ2) is 7.04. The largest absolute Gasteiger partial charge is 0.445 e. The minimum absolute atomic E-state index is 0.337. The third-order valence-electron chi connectivity index (χ3n) is 2.59. The van der Waals surface area contributed by atoms with Crippen molar-refractivity contribution in [3.63, 3.8) is 0 Å². The van der Waals surface area contributed by atoms with Gasteiger partial charge < -0.3 is 10.1 Å². The summed E-state index contributed by atoms with van der Waals surface area (Å²) in [5, 5.41) is 2.10. The maximum Gasteiger partial charge on any atom is 0.407 e. The molecule has 23 heavy (non-hydrogen) atoms. The van der Waals surface area contributed by atoms with Gasteiger partial charge in [-0.25, -0.2) is 9.78 Å². The van der Waals surface area contributed by atoms with Gasteiger partial charge in [0, 0.05) is 17.3 Å². The molecular formula is C15H17ClF2N2O3. The van der Waals surface area contributed by atoms with Crippen LogP contribution in [0.4, 0.5) is 13.6 Å². The highest BCUT2D eigenvalue weighted by atomic mass is 35.5. The monoisotopic (exact) mass is 346 g/mol. The second-order valence-electron chi connectivity index (χ2n) is 5.80. The third kappa shape index (κ3) is 5.28. The Morgan fingerprint density at radius 1 is 1.39 bits per heavy atom. The van der Waals surface area contributed by atoms with Crippen LogP contribution in [-0.2, 0) is 4.74 Å². The van der Waals surface area contributed by atoms with Gasteiger partial charge in [0.25, 0.3) is 0 Å². The smallest absolute Gasteiger partial charge is 0.407 e. The summed E-state index contributed by atoms with van der Waals surface area (Å²) in [6, 6.07) is 2.44. The van der Waals surface area contributed by atoms with Gasteiger partial charge in [0.15, 0.2) is 0 Å². The van der Waals surface area contributed by atoms with E-state index in [-0.39, 0.29) is 5.15 Å². The SMILES string of the molecule is C=C(COC(=O)NC(C)(C)C)C(F)(F)C(=O)c1cccnc1Cl. The Hall–Kier alpha value is -2.02. The fourth-order valence-electron chi connectivity index (χ4n) is 1.47. The number of pyridine rings is 1. The van der Waals surface area contributed by atoms with E-state index in [9.17, 15) is 18.4 Å². The third-order valence-corrected chi connectivity index (χ3v) is 2.89. The van der Waals surface area contributed by atoms with E-state index in [1.54, 1.807) is 20.8 Å².